The van der Waals surface area contributed by atoms with Gasteiger partial charge in [0.1, 0.15) is 12.4 Å². The number of benzene rings is 2. The van der Waals surface area contributed by atoms with Crippen LogP contribution < -0.4 is 10.1 Å². The monoisotopic (exact) mass is 340 g/mol. The molecule has 24 heavy (non-hydrogen) atoms. The van der Waals surface area contributed by atoms with E-state index in [0.717, 1.165) is 11.3 Å². The standard InChI is InChI=1S/C19H16N2O2.ClH/c22-19(16-7-4-12-20-13-16)21-17-8-10-18(11-9-17)23-14-15-5-2-1-3-6-15;/h1-13H,14H2,(H,21,22);1H. The molecule has 0 radical (unpaired) electrons. The van der Waals surface area contributed by atoms with Crippen LogP contribution in [0.15, 0.2) is 79.1 Å². The van der Waals surface area contributed by atoms with Crippen LogP contribution in [0, 0.1) is 0 Å². The minimum Gasteiger partial charge on any atom is -0.489 e. The average molecular weight is 341 g/mol. The third-order valence-corrected chi connectivity index (χ3v) is 3.28. The normalized spacial score (nSPS) is 9.67. The Labute approximate surface area is 146 Å². The highest BCUT2D eigenvalue weighted by Crippen LogP contribution is 2.17. The summed E-state index contributed by atoms with van der Waals surface area (Å²) in [6.45, 7) is 0.516. The molecule has 0 bridgehead atoms. The van der Waals surface area contributed by atoms with Crippen molar-refractivity contribution in [1.82, 2.24) is 4.98 Å². The van der Waals surface area contributed by atoms with Crippen LogP contribution in [0.5, 0.6) is 5.75 Å². The fourth-order valence-electron chi connectivity index (χ4n) is 2.08. The average Bonchev–Trinajstić information content (AvgIpc) is 2.63. The van der Waals surface area contributed by atoms with Crippen molar-refractivity contribution >= 4 is 24.0 Å². The zero-order valence-corrected chi connectivity index (χ0v) is 13.7. The van der Waals surface area contributed by atoms with Gasteiger partial charge >= 0.3 is 0 Å². The van der Waals surface area contributed by atoms with Gasteiger partial charge in [-0.25, -0.2) is 0 Å². The second kappa shape index (κ2) is 8.70. The zero-order chi connectivity index (χ0) is 15.9. The first-order chi connectivity index (χ1) is 11.3. The number of rotatable bonds is 5. The van der Waals surface area contributed by atoms with Gasteiger partial charge < -0.3 is 10.1 Å². The smallest absolute Gasteiger partial charge is 0.257 e. The van der Waals surface area contributed by atoms with Gasteiger partial charge in [-0.05, 0) is 42.0 Å². The van der Waals surface area contributed by atoms with E-state index in [1.807, 2.05) is 54.6 Å². The fourth-order valence-corrected chi connectivity index (χ4v) is 2.08. The van der Waals surface area contributed by atoms with Gasteiger partial charge in [-0.2, -0.15) is 0 Å². The highest BCUT2D eigenvalue weighted by Gasteiger charge is 2.05. The molecule has 1 amide bonds. The molecule has 0 aliphatic rings. The SMILES string of the molecule is Cl.O=C(Nc1ccc(OCc2ccccc2)cc1)c1cccnc1. The number of nitrogens with zero attached hydrogens (tertiary/aromatic N) is 1. The summed E-state index contributed by atoms with van der Waals surface area (Å²) < 4.78 is 5.71. The van der Waals surface area contributed by atoms with E-state index in [9.17, 15) is 4.79 Å². The maximum absolute atomic E-state index is 12.0. The van der Waals surface area contributed by atoms with Crippen molar-refractivity contribution in [1.29, 1.82) is 0 Å². The van der Waals surface area contributed by atoms with Crippen LogP contribution in [0.25, 0.3) is 0 Å². The minimum atomic E-state index is -0.184. The highest BCUT2D eigenvalue weighted by molar-refractivity contribution is 6.04. The fraction of sp³-hybridized carbons (Fsp3) is 0.0526. The maximum atomic E-state index is 12.0. The van der Waals surface area contributed by atoms with Crippen LogP contribution in [0.1, 0.15) is 15.9 Å². The van der Waals surface area contributed by atoms with Crippen molar-refractivity contribution in [3.8, 4) is 5.75 Å². The third-order valence-electron chi connectivity index (χ3n) is 3.28. The first-order valence-corrected chi connectivity index (χ1v) is 7.29. The molecule has 3 rings (SSSR count). The number of carbonyl (C=O) groups excluding carboxylic acids is 1. The first-order valence-electron chi connectivity index (χ1n) is 7.29. The van der Waals surface area contributed by atoms with Gasteiger partial charge in [0.25, 0.3) is 5.91 Å². The van der Waals surface area contributed by atoms with Crippen molar-refractivity contribution < 1.29 is 9.53 Å². The molecule has 0 atom stereocenters. The first kappa shape index (κ1) is 17.5. The second-order valence-electron chi connectivity index (χ2n) is 4.99. The summed E-state index contributed by atoms with van der Waals surface area (Å²) in [5.74, 6) is 0.573. The number of aromatic nitrogens is 1. The van der Waals surface area contributed by atoms with Gasteiger partial charge in [0.15, 0.2) is 0 Å². The van der Waals surface area contributed by atoms with E-state index in [1.165, 1.54) is 6.20 Å². The lowest BCUT2D eigenvalue weighted by Crippen LogP contribution is -2.11. The van der Waals surface area contributed by atoms with Crippen LogP contribution in [0.4, 0.5) is 5.69 Å². The molecule has 0 saturated heterocycles. The Hall–Kier alpha value is -2.85. The summed E-state index contributed by atoms with van der Waals surface area (Å²) >= 11 is 0. The van der Waals surface area contributed by atoms with Gasteiger partial charge in [-0.1, -0.05) is 30.3 Å². The Morgan fingerprint density at radius 1 is 0.958 bits per heavy atom. The number of ether oxygens (including phenoxy) is 1. The van der Waals surface area contributed by atoms with Crippen LogP contribution in [-0.4, -0.2) is 10.9 Å². The Kier molecular flexibility index (Phi) is 6.34. The summed E-state index contributed by atoms with van der Waals surface area (Å²) in [6, 6.07) is 20.7. The summed E-state index contributed by atoms with van der Waals surface area (Å²) in [6.07, 6.45) is 3.17. The molecule has 0 saturated carbocycles. The predicted molar refractivity (Wildman–Crippen MR) is 96.7 cm³/mol. The Morgan fingerprint density at radius 2 is 1.71 bits per heavy atom. The van der Waals surface area contributed by atoms with Gasteiger partial charge in [0, 0.05) is 18.1 Å². The zero-order valence-electron chi connectivity index (χ0n) is 12.9. The van der Waals surface area contributed by atoms with E-state index < -0.39 is 0 Å². The van der Waals surface area contributed by atoms with Crippen LogP contribution in [0.3, 0.4) is 0 Å². The van der Waals surface area contributed by atoms with Crippen molar-refractivity contribution in [2.75, 3.05) is 5.32 Å². The van der Waals surface area contributed by atoms with Gasteiger partial charge in [-0.3, -0.25) is 9.78 Å². The quantitative estimate of drug-likeness (QED) is 0.752. The van der Waals surface area contributed by atoms with Crippen LogP contribution >= 0.6 is 12.4 Å². The van der Waals surface area contributed by atoms with Gasteiger partial charge in [0.2, 0.25) is 0 Å². The third kappa shape index (κ3) is 4.83. The van der Waals surface area contributed by atoms with E-state index in [0.29, 0.717) is 17.9 Å². The molecular formula is C19H17ClN2O2. The second-order valence-corrected chi connectivity index (χ2v) is 4.99. The largest absolute Gasteiger partial charge is 0.489 e. The summed E-state index contributed by atoms with van der Waals surface area (Å²) in [5, 5.41) is 2.82. The lowest BCUT2D eigenvalue weighted by Gasteiger charge is -2.08. The lowest BCUT2D eigenvalue weighted by molar-refractivity contribution is 0.102. The van der Waals surface area contributed by atoms with E-state index in [1.54, 1.807) is 18.3 Å². The molecule has 4 nitrogen and oxygen atoms in total. The maximum Gasteiger partial charge on any atom is 0.257 e. The van der Waals surface area contributed by atoms with E-state index in [4.69, 9.17) is 4.74 Å². The molecule has 0 fully saturated rings. The summed E-state index contributed by atoms with van der Waals surface area (Å²) in [5.41, 5.74) is 2.35. The van der Waals surface area contributed by atoms with Crippen LogP contribution in [0.2, 0.25) is 0 Å². The number of anilines is 1. The number of nitrogens with one attached hydrogen (secondary N) is 1. The van der Waals surface area contributed by atoms with E-state index >= 15 is 0 Å². The Morgan fingerprint density at radius 3 is 2.38 bits per heavy atom. The van der Waals surface area contributed by atoms with Crippen LogP contribution in [-0.2, 0) is 6.61 Å². The van der Waals surface area contributed by atoms with Crippen molar-refractivity contribution in [3.63, 3.8) is 0 Å². The molecule has 0 aliphatic heterocycles. The number of hydrogen-bond donors (Lipinski definition) is 1. The van der Waals surface area contributed by atoms with Crippen molar-refractivity contribution in [2.24, 2.45) is 0 Å². The lowest BCUT2D eigenvalue weighted by atomic mass is 10.2. The Bertz CT molecular complexity index is 762. The van der Waals surface area contributed by atoms with Crippen molar-refractivity contribution in [3.05, 3.63) is 90.3 Å². The molecule has 2 aromatic carbocycles. The minimum absolute atomic E-state index is 0. The highest BCUT2D eigenvalue weighted by atomic mass is 35.5. The van der Waals surface area contributed by atoms with E-state index in [2.05, 4.69) is 10.3 Å². The molecule has 0 spiro atoms. The molecule has 0 unspecified atom stereocenters. The molecule has 0 aliphatic carbocycles. The molecule has 1 aromatic heterocycles. The molecule has 5 heteroatoms. The topological polar surface area (TPSA) is 51.2 Å². The molecular weight excluding hydrogens is 324 g/mol. The summed E-state index contributed by atoms with van der Waals surface area (Å²) in [7, 11) is 0. The molecule has 3 aromatic rings. The van der Waals surface area contributed by atoms with Crippen molar-refractivity contribution in [2.45, 2.75) is 6.61 Å². The summed E-state index contributed by atoms with van der Waals surface area (Å²) in [4.78, 5) is 16.0. The van der Waals surface area contributed by atoms with Gasteiger partial charge in [-0.15, -0.1) is 12.4 Å². The number of pyridine rings is 1. The molecule has 1 N–H and O–H groups in total. The number of carbonyl (C=O) groups is 1. The molecule has 122 valence electrons. The predicted octanol–water partition coefficient (Wildman–Crippen LogP) is 4.33. The number of amides is 1. The Balaban J connectivity index is 0.00000208. The number of halogens is 1. The molecule has 1 heterocycles. The van der Waals surface area contributed by atoms with E-state index in [-0.39, 0.29) is 18.3 Å². The van der Waals surface area contributed by atoms with Gasteiger partial charge in [0.05, 0.1) is 5.56 Å². The number of hydrogen-bond acceptors (Lipinski definition) is 3.